The van der Waals surface area contributed by atoms with Crippen LogP contribution in [0.4, 0.5) is 5.69 Å². The van der Waals surface area contributed by atoms with Gasteiger partial charge >= 0.3 is 0 Å². The van der Waals surface area contributed by atoms with Crippen LogP contribution in [0.25, 0.3) is 0 Å². The topological polar surface area (TPSA) is 24.1 Å². The summed E-state index contributed by atoms with van der Waals surface area (Å²) < 4.78 is 0. The van der Waals surface area contributed by atoms with E-state index in [0.717, 1.165) is 13.0 Å². The normalized spacial score (nSPS) is 19.7. The minimum atomic E-state index is 0.597. The van der Waals surface area contributed by atoms with Crippen LogP contribution in [0.1, 0.15) is 18.1 Å². The first-order chi connectivity index (χ1) is 6.29. The lowest BCUT2D eigenvalue weighted by molar-refractivity contribution is 0.818. The molecular formula is C11H16N2. The maximum atomic E-state index is 3.47. The van der Waals surface area contributed by atoms with Crippen molar-refractivity contribution in [2.75, 3.05) is 12.4 Å². The number of anilines is 1. The predicted octanol–water partition coefficient (Wildman–Crippen LogP) is 1.76. The van der Waals surface area contributed by atoms with Crippen LogP contribution in [0.3, 0.4) is 0 Å². The van der Waals surface area contributed by atoms with Gasteiger partial charge in [-0.15, -0.1) is 0 Å². The van der Waals surface area contributed by atoms with Crippen molar-refractivity contribution in [1.29, 1.82) is 0 Å². The van der Waals surface area contributed by atoms with Crippen LogP contribution in [-0.2, 0) is 13.0 Å². The Hall–Kier alpha value is -1.02. The Balaban J connectivity index is 2.24. The number of hydrogen-bond donors (Lipinski definition) is 2. The third kappa shape index (κ3) is 1.68. The van der Waals surface area contributed by atoms with Gasteiger partial charge < -0.3 is 10.6 Å². The minimum absolute atomic E-state index is 0.597. The van der Waals surface area contributed by atoms with E-state index >= 15 is 0 Å². The molecule has 1 aliphatic heterocycles. The second-order valence-electron chi connectivity index (χ2n) is 3.77. The highest BCUT2D eigenvalue weighted by Gasteiger charge is 2.15. The monoisotopic (exact) mass is 176 g/mol. The van der Waals surface area contributed by atoms with Crippen molar-refractivity contribution < 1.29 is 0 Å². The predicted molar refractivity (Wildman–Crippen MR) is 56.0 cm³/mol. The molecule has 2 heteroatoms. The van der Waals surface area contributed by atoms with Crippen LogP contribution in [0.5, 0.6) is 0 Å². The molecular weight excluding hydrogens is 160 g/mol. The van der Waals surface area contributed by atoms with Crippen LogP contribution < -0.4 is 10.6 Å². The molecule has 1 aliphatic rings. The largest absolute Gasteiger partial charge is 0.382 e. The first kappa shape index (κ1) is 8.57. The molecule has 70 valence electrons. The molecule has 0 aliphatic carbocycles. The summed E-state index contributed by atoms with van der Waals surface area (Å²) >= 11 is 0. The highest BCUT2D eigenvalue weighted by Crippen LogP contribution is 2.26. The molecule has 1 aromatic carbocycles. The van der Waals surface area contributed by atoms with Crippen LogP contribution in [0.15, 0.2) is 18.2 Å². The first-order valence-corrected chi connectivity index (χ1v) is 4.82. The van der Waals surface area contributed by atoms with Crippen LogP contribution >= 0.6 is 0 Å². The molecule has 0 bridgehead atoms. The highest BCUT2D eigenvalue weighted by molar-refractivity contribution is 5.58. The van der Waals surface area contributed by atoms with E-state index in [9.17, 15) is 0 Å². The number of fused-ring (bicyclic) bond motifs is 1. The maximum absolute atomic E-state index is 3.47. The first-order valence-electron chi connectivity index (χ1n) is 4.82. The fourth-order valence-electron chi connectivity index (χ4n) is 1.90. The van der Waals surface area contributed by atoms with Crippen molar-refractivity contribution in [3.05, 3.63) is 29.3 Å². The van der Waals surface area contributed by atoms with Crippen molar-refractivity contribution in [2.45, 2.75) is 25.9 Å². The Morgan fingerprint density at radius 2 is 2.38 bits per heavy atom. The van der Waals surface area contributed by atoms with E-state index in [2.05, 4.69) is 35.8 Å². The van der Waals surface area contributed by atoms with Gasteiger partial charge in [0, 0.05) is 18.3 Å². The van der Waals surface area contributed by atoms with E-state index in [1.807, 2.05) is 7.05 Å². The van der Waals surface area contributed by atoms with E-state index in [4.69, 9.17) is 0 Å². The van der Waals surface area contributed by atoms with Gasteiger partial charge in [-0.1, -0.05) is 12.1 Å². The van der Waals surface area contributed by atoms with Crippen LogP contribution in [0, 0.1) is 0 Å². The summed E-state index contributed by atoms with van der Waals surface area (Å²) in [7, 11) is 1.98. The van der Waals surface area contributed by atoms with E-state index in [1.54, 1.807) is 0 Å². The molecule has 2 nitrogen and oxygen atoms in total. The Kier molecular flexibility index (Phi) is 2.23. The van der Waals surface area contributed by atoms with Gasteiger partial charge in [0.1, 0.15) is 0 Å². The zero-order valence-corrected chi connectivity index (χ0v) is 8.22. The summed E-state index contributed by atoms with van der Waals surface area (Å²) in [4.78, 5) is 0. The SMILES string of the molecule is CNCc1ccc2c(c1)NC(C)C2. The Morgan fingerprint density at radius 3 is 3.15 bits per heavy atom. The summed E-state index contributed by atoms with van der Waals surface area (Å²) in [5.74, 6) is 0. The second-order valence-corrected chi connectivity index (χ2v) is 3.77. The van der Waals surface area contributed by atoms with Gasteiger partial charge in [-0.3, -0.25) is 0 Å². The summed E-state index contributed by atoms with van der Waals surface area (Å²) in [6.07, 6.45) is 1.16. The Morgan fingerprint density at radius 1 is 1.54 bits per heavy atom. The lowest BCUT2D eigenvalue weighted by Gasteiger charge is -2.04. The molecule has 0 radical (unpaired) electrons. The molecule has 2 N–H and O–H groups in total. The molecule has 2 rings (SSSR count). The van der Waals surface area contributed by atoms with Crippen molar-refractivity contribution in [1.82, 2.24) is 5.32 Å². The van der Waals surface area contributed by atoms with Gasteiger partial charge in [-0.2, -0.15) is 0 Å². The quantitative estimate of drug-likeness (QED) is 0.717. The minimum Gasteiger partial charge on any atom is -0.382 e. The zero-order chi connectivity index (χ0) is 9.26. The average molecular weight is 176 g/mol. The summed E-state index contributed by atoms with van der Waals surface area (Å²) in [6.45, 7) is 3.17. The Bertz CT molecular complexity index is 307. The number of nitrogens with one attached hydrogen (secondary N) is 2. The van der Waals surface area contributed by atoms with Crippen molar-refractivity contribution in [3.8, 4) is 0 Å². The van der Waals surface area contributed by atoms with Gasteiger partial charge in [-0.05, 0) is 37.6 Å². The van der Waals surface area contributed by atoms with Crippen molar-refractivity contribution in [2.24, 2.45) is 0 Å². The van der Waals surface area contributed by atoms with Gasteiger partial charge in [0.25, 0.3) is 0 Å². The lowest BCUT2D eigenvalue weighted by atomic mass is 10.1. The number of hydrogen-bond acceptors (Lipinski definition) is 2. The molecule has 13 heavy (non-hydrogen) atoms. The molecule has 1 heterocycles. The molecule has 1 unspecified atom stereocenters. The van der Waals surface area contributed by atoms with Gasteiger partial charge in [0.15, 0.2) is 0 Å². The van der Waals surface area contributed by atoms with Gasteiger partial charge in [0.05, 0.1) is 0 Å². The molecule has 0 fully saturated rings. The van der Waals surface area contributed by atoms with E-state index in [0.29, 0.717) is 6.04 Å². The standard InChI is InChI=1S/C11H16N2/c1-8-5-10-4-3-9(7-12-2)6-11(10)13-8/h3-4,6,8,12-13H,5,7H2,1-2H3. The zero-order valence-electron chi connectivity index (χ0n) is 8.22. The summed E-state index contributed by atoms with van der Waals surface area (Å²) in [5.41, 5.74) is 4.12. The smallest absolute Gasteiger partial charge is 0.0378 e. The van der Waals surface area contributed by atoms with Gasteiger partial charge in [0.2, 0.25) is 0 Å². The molecule has 1 atom stereocenters. The fourth-order valence-corrected chi connectivity index (χ4v) is 1.90. The second kappa shape index (κ2) is 3.38. The summed E-state index contributed by atoms with van der Waals surface area (Å²) in [5, 5.41) is 6.63. The van der Waals surface area contributed by atoms with E-state index in [1.165, 1.54) is 16.8 Å². The highest BCUT2D eigenvalue weighted by atomic mass is 14.9. The molecule has 0 aromatic heterocycles. The van der Waals surface area contributed by atoms with Gasteiger partial charge in [-0.25, -0.2) is 0 Å². The third-order valence-electron chi connectivity index (χ3n) is 2.48. The molecule has 0 saturated carbocycles. The fraction of sp³-hybridized carbons (Fsp3) is 0.455. The molecule has 1 aromatic rings. The molecule has 0 amide bonds. The third-order valence-corrected chi connectivity index (χ3v) is 2.48. The van der Waals surface area contributed by atoms with E-state index in [-0.39, 0.29) is 0 Å². The number of benzene rings is 1. The van der Waals surface area contributed by atoms with E-state index < -0.39 is 0 Å². The lowest BCUT2D eigenvalue weighted by Crippen LogP contribution is -2.08. The van der Waals surface area contributed by atoms with Crippen molar-refractivity contribution in [3.63, 3.8) is 0 Å². The molecule has 0 spiro atoms. The van der Waals surface area contributed by atoms with Crippen LogP contribution in [0.2, 0.25) is 0 Å². The van der Waals surface area contributed by atoms with Crippen molar-refractivity contribution >= 4 is 5.69 Å². The summed E-state index contributed by atoms with van der Waals surface area (Å²) in [6, 6.07) is 7.28. The number of rotatable bonds is 2. The Labute approximate surface area is 79.4 Å². The maximum Gasteiger partial charge on any atom is 0.0378 e. The average Bonchev–Trinajstić information content (AvgIpc) is 2.44. The van der Waals surface area contributed by atoms with Crippen LogP contribution in [-0.4, -0.2) is 13.1 Å². The molecule has 0 saturated heterocycles.